The van der Waals surface area contributed by atoms with Gasteiger partial charge in [-0.15, -0.1) is 10.2 Å². The number of nitrogens with zero attached hydrogens (tertiary/aromatic N) is 6. The quantitative estimate of drug-likeness (QED) is 0.579. The second kappa shape index (κ2) is 5.19. The van der Waals surface area contributed by atoms with E-state index >= 15 is 0 Å². The maximum Gasteiger partial charge on any atom is 0.234 e. The van der Waals surface area contributed by atoms with Crippen molar-refractivity contribution in [2.24, 2.45) is 7.05 Å². The number of hydrogen-bond donors (Lipinski definition) is 0. The fourth-order valence-corrected chi connectivity index (χ4v) is 3.16. The van der Waals surface area contributed by atoms with Gasteiger partial charge in [0.1, 0.15) is 0 Å². The molecule has 4 aromatic rings. The molecule has 0 aliphatic heterocycles. The number of benzene rings is 1. The van der Waals surface area contributed by atoms with Gasteiger partial charge >= 0.3 is 0 Å². The Kier molecular flexibility index (Phi) is 3.16. The molecule has 0 unspecified atom stereocenters. The topological polar surface area (TPSA) is 60.9 Å². The highest BCUT2D eigenvalue weighted by Crippen LogP contribution is 2.25. The summed E-state index contributed by atoms with van der Waals surface area (Å²) in [6, 6.07) is 7.71. The number of halogens is 1. The van der Waals surface area contributed by atoms with E-state index in [-0.39, 0.29) is 0 Å². The smallest absolute Gasteiger partial charge is 0.234 e. The molecule has 0 saturated heterocycles. The molecule has 0 spiro atoms. The highest BCUT2D eigenvalue weighted by Gasteiger charge is 2.14. The molecule has 110 valence electrons. The molecule has 4 rings (SSSR count). The third-order valence-electron chi connectivity index (χ3n) is 3.28. The average Bonchev–Trinajstić information content (AvgIpc) is 3.18. The van der Waals surface area contributed by atoms with Gasteiger partial charge in [0.15, 0.2) is 10.8 Å². The zero-order valence-corrected chi connectivity index (χ0v) is 13.2. The Hall–Kier alpha value is -2.25. The highest BCUT2D eigenvalue weighted by molar-refractivity contribution is 7.19. The predicted molar refractivity (Wildman–Crippen MR) is 85.1 cm³/mol. The van der Waals surface area contributed by atoms with Crippen LogP contribution in [0.15, 0.2) is 36.7 Å². The maximum absolute atomic E-state index is 5.91. The average molecular weight is 331 g/mol. The summed E-state index contributed by atoms with van der Waals surface area (Å²) in [4.78, 5) is 0.780. The van der Waals surface area contributed by atoms with Gasteiger partial charge in [0.05, 0.1) is 11.8 Å². The van der Waals surface area contributed by atoms with Crippen LogP contribution in [0.5, 0.6) is 0 Å². The van der Waals surface area contributed by atoms with Gasteiger partial charge in [-0.25, -0.2) is 0 Å². The van der Waals surface area contributed by atoms with Crippen LogP contribution in [-0.4, -0.2) is 29.6 Å². The van der Waals surface area contributed by atoms with E-state index in [1.54, 1.807) is 15.4 Å². The Morgan fingerprint density at radius 3 is 2.73 bits per heavy atom. The molecule has 22 heavy (non-hydrogen) atoms. The molecule has 0 amide bonds. The van der Waals surface area contributed by atoms with Crippen molar-refractivity contribution in [1.82, 2.24) is 29.6 Å². The molecule has 0 N–H and O–H groups in total. The second-order valence-corrected chi connectivity index (χ2v) is 6.32. The van der Waals surface area contributed by atoms with Crippen LogP contribution in [0, 0.1) is 0 Å². The zero-order valence-electron chi connectivity index (χ0n) is 11.6. The Morgan fingerprint density at radius 2 is 2.00 bits per heavy atom. The summed E-state index contributed by atoms with van der Waals surface area (Å²) < 4.78 is 3.55. The first-order chi connectivity index (χ1) is 10.7. The Balaban J connectivity index is 1.70. The van der Waals surface area contributed by atoms with Crippen molar-refractivity contribution in [2.45, 2.75) is 6.42 Å². The van der Waals surface area contributed by atoms with Crippen LogP contribution in [0.4, 0.5) is 0 Å². The lowest BCUT2D eigenvalue weighted by molar-refractivity contribution is 0.768. The van der Waals surface area contributed by atoms with Crippen LogP contribution < -0.4 is 0 Å². The standard InChI is InChI=1S/C14H11ClN6S/c1-20-8-10(7-16-20)13-19-21-12(17-18-14(21)22-13)6-9-2-4-11(15)5-3-9/h2-5,7-8H,6H2,1H3. The van der Waals surface area contributed by atoms with Crippen LogP contribution in [0.3, 0.4) is 0 Å². The maximum atomic E-state index is 5.91. The number of aryl methyl sites for hydroxylation is 1. The van der Waals surface area contributed by atoms with Crippen molar-refractivity contribution in [2.75, 3.05) is 0 Å². The van der Waals surface area contributed by atoms with E-state index in [1.807, 2.05) is 37.5 Å². The molecule has 3 heterocycles. The molecule has 0 bridgehead atoms. The number of rotatable bonds is 3. The molecule has 0 saturated carbocycles. The lowest BCUT2D eigenvalue weighted by Gasteiger charge is -1.98. The van der Waals surface area contributed by atoms with Gasteiger partial charge in [-0.1, -0.05) is 35.1 Å². The SMILES string of the molecule is Cn1cc(-c2nn3c(Cc4ccc(Cl)cc4)nnc3s2)cn1. The molecule has 0 atom stereocenters. The third kappa shape index (κ3) is 2.38. The molecule has 0 radical (unpaired) electrons. The van der Waals surface area contributed by atoms with Crippen molar-refractivity contribution in [3.8, 4) is 10.6 Å². The van der Waals surface area contributed by atoms with Gasteiger partial charge in [0.2, 0.25) is 4.96 Å². The summed E-state index contributed by atoms with van der Waals surface area (Å²) in [5, 5.41) is 18.8. The summed E-state index contributed by atoms with van der Waals surface area (Å²) in [6.07, 6.45) is 4.39. The van der Waals surface area contributed by atoms with Crippen molar-refractivity contribution in [3.05, 3.63) is 53.1 Å². The van der Waals surface area contributed by atoms with Crippen LogP contribution in [0.1, 0.15) is 11.4 Å². The minimum absolute atomic E-state index is 0.661. The van der Waals surface area contributed by atoms with E-state index in [2.05, 4.69) is 20.4 Å². The molecule has 0 aliphatic carbocycles. The van der Waals surface area contributed by atoms with Gasteiger partial charge in [0.25, 0.3) is 0 Å². The Bertz CT molecular complexity index is 936. The molecule has 1 aromatic carbocycles. The Morgan fingerprint density at radius 1 is 1.18 bits per heavy atom. The minimum atomic E-state index is 0.661. The summed E-state index contributed by atoms with van der Waals surface area (Å²) in [5.41, 5.74) is 2.10. The van der Waals surface area contributed by atoms with Crippen LogP contribution in [-0.2, 0) is 13.5 Å². The lowest BCUT2D eigenvalue weighted by Crippen LogP contribution is -1.97. The largest absolute Gasteiger partial charge is 0.275 e. The van der Waals surface area contributed by atoms with E-state index in [0.29, 0.717) is 6.42 Å². The molecule has 0 aliphatic rings. The fraction of sp³-hybridized carbons (Fsp3) is 0.143. The van der Waals surface area contributed by atoms with Crippen molar-refractivity contribution in [1.29, 1.82) is 0 Å². The van der Waals surface area contributed by atoms with Gasteiger partial charge in [-0.2, -0.15) is 14.7 Å². The van der Waals surface area contributed by atoms with Crippen molar-refractivity contribution >= 4 is 27.9 Å². The van der Waals surface area contributed by atoms with E-state index < -0.39 is 0 Å². The number of hydrogen-bond acceptors (Lipinski definition) is 5. The number of aromatic nitrogens is 6. The zero-order chi connectivity index (χ0) is 15.1. The summed E-state index contributed by atoms with van der Waals surface area (Å²) in [6.45, 7) is 0. The van der Waals surface area contributed by atoms with Gasteiger partial charge in [-0.3, -0.25) is 4.68 Å². The predicted octanol–water partition coefficient (Wildman–Crippen LogP) is 2.83. The molecular formula is C14H11ClN6S. The molecule has 3 aromatic heterocycles. The van der Waals surface area contributed by atoms with Gasteiger partial charge in [-0.05, 0) is 17.7 Å². The lowest BCUT2D eigenvalue weighted by atomic mass is 10.1. The molecular weight excluding hydrogens is 320 g/mol. The van der Waals surface area contributed by atoms with Gasteiger partial charge in [0, 0.05) is 24.7 Å². The van der Waals surface area contributed by atoms with Gasteiger partial charge < -0.3 is 0 Å². The van der Waals surface area contributed by atoms with Crippen molar-refractivity contribution in [3.63, 3.8) is 0 Å². The second-order valence-electron chi connectivity index (χ2n) is 4.92. The van der Waals surface area contributed by atoms with Crippen LogP contribution in [0.25, 0.3) is 15.5 Å². The minimum Gasteiger partial charge on any atom is -0.275 e. The monoisotopic (exact) mass is 330 g/mol. The first-order valence-corrected chi connectivity index (χ1v) is 7.83. The Labute approximate surface area is 135 Å². The normalized spacial score (nSPS) is 11.4. The van der Waals surface area contributed by atoms with Crippen molar-refractivity contribution < 1.29 is 0 Å². The van der Waals surface area contributed by atoms with E-state index in [0.717, 1.165) is 31.9 Å². The molecule has 6 nitrogen and oxygen atoms in total. The highest BCUT2D eigenvalue weighted by atomic mass is 35.5. The van der Waals surface area contributed by atoms with E-state index in [1.165, 1.54) is 11.3 Å². The van der Waals surface area contributed by atoms with Crippen LogP contribution >= 0.6 is 22.9 Å². The first kappa shape index (κ1) is 13.4. The van der Waals surface area contributed by atoms with E-state index in [9.17, 15) is 0 Å². The van der Waals surface area contributed by atoms with Crippen LogP contribution in [0.2, 0.25) is 5.02 Å². The summed E-state index contributed by atoms with van der Waals surface area (Å²) in [5.74, 6) is 0.809. The molecule has 8 heteroatoms. The summed E-state index contributed by atoms with van der Waals surface area (Å²) >= 11 is 7.41. The van der Waals surface area contributed by atoms with E-state index in [4.69, 9.17) is 11.6 Å². The summed E-state index contributed by atoms with van der Waals surface area (Å²) in [7, 11) is 1.88. The fourth-order valence-electron chi connectivity index (χ4n) is 2.20. The molecule has 0 fully saturated rings. The number of fused-ring (bicyclic) bond motifs is 1. The first-order valence-electron chi connectivity index (χ1n) is 6.63. The third-order valence-corrected chi connectivity index (χ3v) is 4.48.